The van der Waals surface area contributed by atoms with Gasteiger partial charge in [0.1, 0.15) is 5.82 Å². The third-order valence-electron chi connectivity index (χ3n) is 4.08. The lowest BCUT2D eigenvalue weighted by molar-refractivity contribution is -0.152. The van der Waals surface area contributed by atoms with Crippen molar-refractivity contribution >= 4 is 21.9 Å². The molecule has 2 rings (SSSR count). The van der Waals surface area contributed by atoms with E-state index in [0.29, 0.717) is 25.2 Å². The van der Waals surface area contributed by atoms with Gasteiger partial charge < -0.3 is 5.11 Å². The fourth-order valence-corrected chi connectivity index (χ4v) is 3.52. The van der Waals surface area contributed by atoms with Crippen LogP contribution in [0, 0.1) is 17.2 Å². The van der Waals surface area contributed by atoms with E-state index in [-0.39, 0.29) is 5.82 Å². The summed E-state index contributed by atoms with van der Waals surface area (Å²) in [6, 6.07) is 4.46. The Morgan fingerprint density at radius 2 is 2.32 bits per heavy atom. The highest BCUT2D eigenvalue weighted by Gasteiger charge is 2.42. The molecule has 0 saturated heterocycles. The third-order valence-corrected chi connectivity index (χ3v) is 4.86. The van der Waals surface area contributed by atoms with Gasteiger partial charge in [0.25, 0.3) is 0 Å². The summed E-state index contributed by atoms with van der Waals surface area (Å²) in [6.45, 7) is 2.09. The molecule has 1 aliphatic rings. The van der Waals surface area contributed by atoms with Crippen molar-refractivity contribution in [3.8, 4) is 0 Å². The van der Waals surface area contributed by atoms with Gasteiger partial charge in [-0.2, -0.15) is 0 Å². The smallest absolute Gasteiger partial charge is 0.309 e. The van der Waals surface area contributed by atoms with E-state index in [1.165, 1.54) is 12.1 Å². The second-order valence-corrected chi connectivity index (χ2v) is 6.55. The first-order chi connectivity index (χ1) is 8.93. The standard InChI is InChI=1S/C15H18BrFO2/c1-10-3-2-6-15(8-10,14(18)19)9-11-7-12(17)4-5-13(11)16/h4-5,7,10H,2-3,6,8-9H2,1H3,(H,18,19). The van der Waals surface area contributed by atoms with Gasteiger partial charge in [-0.05, 0) is 48.9 Å². The van der Waals surface area contributed by atoms with Crippen LogP contribution in [0.25, 0.3) is 0 Å². The molecule has 0 radical (unpaired) electrons. The van der Waals surface area contributed by atoms with Crippen LogP contribution in [0.4, 0.5) is 4.39 Å². The van der Waals surface area contributed by atoms with Crippen molar-refractivity contribution in [2.24, 2.45) is 11.3 Å². The van der Waals surface area contributed by atoms with Gasteiger partial charge in [-0.3, -0.25) is 4.79 Å². The van der Waals surface area contributed by atoms with Crippen molar-refractivity contribution in [3.05, 3.63) is 34.1 Å². The Bertz CT molecular complexity index is 489. The average Bonchev–Trinajstić information content (AvgIpc) is 2.34. The highest BCUT2D eigenvalue weighted by Crippen LogP contribution is 2.43. The number of benzene rings is 1. The summed E-state index contributed by atoms with van der Waals surface area (Å²) >= 11 is 3.39. The van der Waals surface area contributed by atoms with Gasteiger partial charge in [-0.1, -0.05) is 35.7 Å². The van der Waals surface area contributed by atoms with Crippen molar-refractivity contribution in [1.29, 1.82) is 0 Å². The van der Waals surface area contributed by atoms with Crippen molar-refractivity contribution in [1.82, 2.24) is 0 Å². The number of rotatable bonds is 3. The summed E-state index contributed by atoms with van der Waals surface area (Å²) in [5, 5.41) is 9.62. The molecule has 0 spiro atoms. The van der Waals surface area contributed by atoms with Crippen molar-refractivity contribution < 1.29 is 14.3 Å². The van der Waals surface area contributed by atoms with Gasteiger partial charge in [0, 0.05) is 4.47 Å². The topological polar surface area (TPSA) is 37.3 Å². The van der Waals surface area contributed by atoms with Crippen LogP contribution >= 0.6 is 15.9 Å². The number of aliphatic carboxylic acids is 1. The predicted molar refractivity (Wildman–Crippen MR) is 75.5 cm³/mol. The van der Waals surface area contributed by atoms with E-state index in [1.54, 1.807) is 6.07 Å². The van der Waals surface area contributed by atoms with E-state index >= 15 is 0 Å². The number of carboxylic acid groups (broad SMARTS) is 1. The summed E-state index contributed by atoms with van der Waals surface area (Å²) in [5.74, 6) is -0.657. The third kappa shape index (κ3) is 3.16. The molecule has 0 aliphatic heterocycles. The zero-order chi connectivity index (χ0) is 14.0. The Kier molecular flexibility index (Phi) is 4.29. The number of hydrogen-bond acceptors (Lipinski definition) is 1. The van der Waals surface area contributed by atoms with Gasteiger partial charge in [-0.25, -0.2) is 4.39 Å². The van der Waals surface area contributed by atoms with Gasteiger partial charge in [0.05, 0.1) is 5.41 Å². The summed E-state index contributed by atoms with van der Waals surface area (Å²) < 4.78 is 14.1. The van der Waals surface area contributed by atoms with E-state index in [1.807, 2.05) is 0 Å². The predicted octanol–water partition coefficient (Wildman–Crippen LogP) is 4.41. The Morgan fingerprint density at radius 1 is 1.58 bits per heavy atom. The molecule has 0 bridgehead atoms. The van der Waals surface area contributed by atoms with Gasteiger partial charge in [0.15, 0.2) is 0 Å². The first-order valence-corrected chi connectivity index (χ1v) is 7.39. The normalized spacial score (nSPS) is 27.2. The summed E-state index contributed by atoms with van der Waals surface area (Å²) in [6.07, 6.45) is 3.76. The van der Waals surface area contributed by atoms with E-state index in [9.17, 15) is 14.3 Å². The SMILES string of the molecule is CC1CCCC(Cc2cc(F)ccc2Br)(C(=O)O)C1. The molecule has 1 aliphatic carbocycles. The van der Waals surface area contributed by atoms with E-state index < -0.39 is 11.4 Å². The van der Waals surface area contributed by atoms with Crippen LogP contribution in [0.15, 0.2) is 22.7 Å². The Hall–Kier alpha value is -0.900. The molecule has 2 unspecified atom stereocenters. The lowest BCUT2D eigenvalue weighted by Crippen LogP contribution is -2.38. The molecule has 4 heteroatoms. The van der Waals surface area contributed by atoms with Crippen LogP contribution in [0.1, 0.15) is 38.2 Å². The minimum atomic E-state index is -0.754. The zero-order valence-electron chi connectivity index (χ0n) is 11.0. The quantitative estimate of drug-likeness (QED) is 0.892. The maximum atomic E-state index is 13.3. The molecule has 2 nitrogen and oxygen atoms in total. The number of carboxylic acids is 1. The molecule has 1 aromatic carbocycles. The van der Waals surface area contributed by atoms with E-state index in [4.69, 9.17) is 0 Å². The second-order valence-electron chi connectivity index (χ2n) is 5.70. The molecule has 1 fully saturated rings. The fraction of sp³-hybridized carbons (Fsp3) is 0.533. The number of carbonyl (C=O) groups is 1. The van der Waals surface area contributed by atoms with Crippen molar-refractivity contribution in [2.45, 2.75) is 39.0 Å². The van der Waals surface area contributed by atoms with Crippen LogP contribution in [-0.2, 0) is 11.2 Å². The molecule has 2 atom stereocenters. The summed E-state index contributed by atoms with van der Waals surface area (Å²) in [4.78, 5) is 11.7. The molecule has 19 heavy (non-hydrogen) atoms. The molecule has 0 aromatic heterocycles. The zero-order valence-corrected chi connectivity index (χ0v) is 12.5. The fourth-order valence-electron chi connectivity index (χ4n) is 3.13. The van der Waals surface area contributed by atoms with E-state index in [2.05, 4.69) is 22.9 Å². The minimum absolute atomic E-state index is 0.317. The van der Waals surface area contributed by atoms with Crippen LogP contribution in [0.5, 0.6) is 0 Å². The first kappa shape index (κ1) is 14.5. The van der Waals surface area contributed by atoms with Crippen LogP contribution < -0.4 is 0 Å². The van der Waals surface area contributed by atoms with Crippen LogP contribution in [0.2, 0.25) is 0 Å². The molecule has 1 N–H and O–H groups in total. The summed E-state index contributed by atoms with van der Waals surface area (Å²) in [7, 11) is 0. The molecule has 104 valence electrons. The molecule has 0 heterocycles. The maximum Gasteiger partial charge on any atom is 0.309 e. The van der Waals surface area contributed by atoms with Gasteiger partial charge in [0.2, 0.25) is 0 Å². The molecule has 1 saturated carbocycles. The Morgan fingerprint density at radius 3 is 2.95 bits per heavy atom. The number of halogens is 2. The van der Waals surface area contributed by atoms with Crippen molar-refractivity contribution in [3.63, 3.8) is 0 Å². The Labute approximate surface area is 121 Å². The molecule has 0 amide bonds. The highest BCUT2D eigenvalue weighted by molar-refractivity contribution is 9.10. The maximum absolute atomic E-state index is 13.3. The van der Waals surface area contributed by atoms with Crippen LogP contribution in [0.3, 0.4) is 0 Å². The van der Waals surface area contributed by atoms with Gasteiger partial charge in [-0.15, -0.1) is 0 Å². The second kappa shape index (κ2) is 5.61. The highest BCUT2D eigenvalue weighted by atomic mass is 79.9. The summed E-state index contributed by atoms with van der Waals surface area (Å²) in [5.41, 5.74) is 0.00468. The van der Waals surface area contributed by atoms with Gasteiger partial charge >= 0.3 is 5.97 Å². The first-order valence-electron chi connectivity index (χ1n) is 6.60. The van der Waals surface area contributed by atoms with Crippen molar-refractivity contribution in [2.75, 3.05) is 0 Å². The Balaban J connectivity index is 2.30. The van der Waals surface area contributed by atoms with E-state index in [0.717, 1.165) is 22.9 Å². The lowest BCUT2D eigenvalue weighted by Gasteiger charge is -2.36. The minimum Gasteiger partial charge on any atom is -0.481 e. The molecular weight excluding hydrogens is 311 g/mol. The largest absolute Gasteiger partial charge is 0.481 e. The average molecular weight is 329 g/mol. The molecular formula is C15H18BrFO2. The molecule has 1 aromatic rings. The number of hydrogen-bond donors (Lipinski definition) is 1. The lowest BCUT2D eigenvalue weighted by atomic mass is 9.67. The van der Waals surface area contributed by atoms with Crippen LogP contribution in [-0.4, -0.2) is 11.1 Å². The monoisotopic (exact) mass is 328 g/mol.